The van der Waals surface area contributed by atoms with E-state index in [1.807, 2.05) is 6.92 Å². The van der Waals surface area contributed by atoms with Gasteiger partial charge in [0.15, 0.2) is 0 Å². The minimum atomic E-state index is -0.195. The van der Waals surface area contributed by atoms with E-state index in [2.05, 4.69) is 5.32 Å². The number of hydrogen-bond acceptors (Lipinski definition) is 4. The third-order valence-electron chi connectivity index (χ3n) is 4.09. The van der Waals surface area contributed by atoms with E-state index in [-0.39, 0.29) is 30.6 Å². The molecule has 1 aromatic rings. The number of nitrogens with zero attached hydrogens (tertiary/aromatic N) is 2. The summed E-state index contributed by atoms with van der Waals surface area (Å²) in [4.78, 5) is 38.9. The molecule has 2 rings (SSSR count). The van der Waals surface area contributed by atoms with Gasteiger partial charge < -0.3 is 19.9 Å². The molecule has 0 aromatic heterocycles. The highest BCUT2D eigenvalue weighted by Crippen LogP contribution is 2.16. The van der Waals surface area contributed by atoms with Crippen LogP contribution in [0.4, 0.5) is 5.69 Å². The number of rotatable bonds is 6. The van der Waals surface area contributed by atoms with Crippen LogP contribution in [0.3, 0.4) is 0 Å². The van der Waals surface area contributed by atoms with Gasteiger partial charge in [0.05, 0.1) is 6.61 Å². The van der Waals surface area contributed by atoms with Gasteiger partial charge in [-0.3, -0.25) is 14.4 Å². The zero-order chi connectivity index (χ0) is 18.2. The molecular weight excluding hydrogens is 322 g/mol. The predicted molar refractivity (Wildman–Crippen MR) is 94.3 cm³/mol. The molecule has 0 atom stereocenters. The first-order chi connectivity index (χ1) is 12.0. The molecule has 25 heavy (non-hydrogen) atoms. The maximum atomic E-state index is 12.2. The van der Waals surface area contributed by atoms with Crippen LogP contribution in [-0.2, 0) is 14.4 Å². The third-order valence-corrected chi connectivity index (χ3v) is 4.09. The Morgan fingerprint density at radius 1 is 1.00 bits per heavy atom. The van der Waals surface area contributed by atoms with E-state index in [4.69, 9.17) is 4.74 Å². The summed E-state index contributed by atoms with van der Waals surface area (Å²) >= 11 is 0. The molecule has 0 spiro atoms. The highest BCUT2D eigenvalue weighted by molar-refractivity contribution is 5.93. The molecule has 0 bridgehead atoms. The van der Waals surface area contributed by atoms with Crippen molar-refractivity contribution in [3.05, 3.63) is 24.3 Å². The first-order valence-corrected chi connectivity index (χ1v) is 8.55. The zero-order valence-electron chi connectivity index (χ0n) is 14.8. The van der Waals surface area contributed by atoms with E-state index in [0.29, 0.717) is 38.5 Å². The van der Waals surface area contributed by atoms with Gasteiger partial charge in [-0.2, -0.15) is 0 Å². The molecule has 0 aliphatic carbocycles. The summed E-state index contributed by atoms with van der Waals surface area (Å²) in [5.41, 5.74) is 0.677. The van der Waals surface area contributed by atoms with Crippen molar-refractivity contribution in [2.24, 2.45) is 0 Å². The van der Waals surface area contributed by atoms with Crippen LogP contribution in [0.1, 0.15) is 26.7 Å². The average Bonchev–Trinajstić information content (AvgIpc) is 2.61. The molecule has 0 unspecified atom stereocenters. The molecule has 1 fully saturated rings. The number of ether oxygens (including phenoxy) is 1. The number of carbonyl (C=O) groups excluding carboxylic acids is 3. The van der Waals surface area contributed by atoms with Crippen LogP contribution in [0.2, 0.25) is 0 Å². The van der Waals surface area contributed by atoms with Crippen LogP contribution in [0.15, 0.2) is 24.3 Å². The molecule has 3 amide bonds. The van der Waals surface area contributed by atoms with E-state index in [1.54, 1.807) is 34.1 Å². The van der Waals surface area contributed by atoms with Crippen molar-refractivity contribution in [2.75, 3.05) is 38.1 Å². The topological polar surface area (TPSA) is 79.0 Å². The van der Waals surface area contributed by atoms with Crippen molar-refractivity contribution < 1.29 is 19.1 Å². The van der Waals surface area contributed by atoms with Crippen LogP contribution in [0.5, 0.6) is 5.75 Å². The second-order valence-electron chi connectivity index (χ2n) is 5.89. The maximum Gasteiger partial charge on any atom is 0.224 e. The van der Waals surface area contributed by atoms with Gasteiger partial charge in [0.2, 0.25) is 17.7 Å². The fraction of sp³-hybridized carbons (Fsp3) is 0.500. The van der Waals surface area contributed by atoms with Crippen molar-refractivity contribution >= 4 is 23.4 Å². The van der Waals surface area contributed by atoms with E-state index in [9.17, 15) is 14.4 Å². The molecule has 136 valence electrons. The first-order valence-electron chi connectivity index (χ1n) is 8.55. The Hall–Kier alpha value is -2.57. The number of amides is 3. The molecule has 0 saturated carbocycles. The van der Waals surface area contributed by atoms with Gasteiger partial charge >= 0.3 is 0 Å². The number of carbonyl (C=O) groups is 3. The Bertz CT molecular complexity index is 607. The van der Waals surface area contributed by atoms with Crippen LogP contribution >= 0.6 is 0 Å². The molecular formula is C18H25N3O4. The maximum absolute atomic E-state index is 12.2. The lowest BCUT2D eigenvalue weighted by Crippen LogP contribution is -2.50. The number of benzene rings is 1. The van der Waals surface area contributed by atoms with Gasteiger partial charge in [-0.25, -0.2) is 0 Å². The predicted octanol–water partition coefficient (Wildman–Crippen LogP) is 1.49. The molecule has 1 aliphatic heterocycles. The number of nitrogens with one attached hydrogen (secondary N) is 1. The third kappa shape index (κ3) is 5.77. The minimum Gasteiger partial charge on any atom is -0.494 e. The van der Waals surface area contributed by atoms with E-state index in [0.717, 1.165) is 5.75 Å². The Labute approximate surface area is 147 Å². The van der Waals surface area contributed by atoms with E-state index in [1.165, 1.54) is 6.92 Å². The molecule has 0 radical (unpaired) electrons. The van der Waals surface area contributed by atoms with Gasteiger partial charge in [0, 0.05) is 51.6 Å². The summed E-state index contributed by atoms with van der Waals surface area (Å²) in [5.74, 6) is 0.534. The highest BCUT2D eigenvalue weighted by atomic mass is 16.5. The summed E-state index contributed by atoms with van der Waals surface area (Å²) in [6.07, 6.45) is 0.307. The Kier molecular flexibility index (Phi) is 6.80. The van der Waals surface area contributed by atoms with Crippen molar-refractivity contribution in [3.63, 3.8) is 0 Å². The second kappa shape index (κ2) is 9.05. The lowest BCUT2D eigenvalue weighted by molar-refractivity contribution is -0.138. The molecule has 1 N–H and O–H groups in total. The van der Waals surface area contributed by atoms with Crippen LogP contribution in [0.25, 0.3) is 0 Å². The van der Waals surface area contributed by atoms with Gasteiger partial charge in [-0.15, -0.1) is 0 Å². The lowest BCUT2D eigenvalue weighted by Gasteiger charge is -2.34. The van der Waals surface area contributed by atoms with Crippen LogP contribution in [0, 0.1) is 0 Å². The summed E-state index contributed by atoms with van der Waals surface area (Å²) in [6.45, 7) is 6.20. The fourth-order valence-electron chi connectivity index (χ4n) is 2.67. The van der Waals surface area contributed by atoms with Gasteiger partial charge in [0.25, 0.3) is 0 Å². The monoisotopic (exact) mass is 347 g/mol. The summed E-state index contributed by atoms with van der Waals surface area (Å²) < 4.78 is 5.35. The van der Waals surface area contributed by atoms with Crippen LogP contribution in [-0.4, -0.2) is 60.3 Å². The first kappa shape index (κ1) is 18.8. The molecule has 7 nitrogen and oxygen atoms in total. The lowest BCUT2D eigenvalue weighted by atomic mass is 10.2. The SMILES string of the molecule is CCOc1ccc(NC(=O)CCC(=O)N2CCN(C(C)=O)CC2)cc1. The smallest absolute Gasteiger partial charge is 0.224 e. The Balaban J connectivity index is 1.72. The van der Waals surface area contributed by atoms with Crippen molar-refractivity contribution in [1.82, 2.24) is 9.80 Å². The van der Waals surface area contributed by atoms with Crippen molar-refractivity contribution in [2.45, 2.75) is 26.7 Å². The van der Waals surface area contributed by atoms with Gasteiger partial charge in [-0.1, -0.05) is 0 Å². The summed E-state index contributed by atoms with van der Waals surface area (Å²) in [5, 5.41) is 2.77. The molecule has 1 heterocycles. The number of hydrogen-bond donors (Lipinski definition) is 1. The zero-order valence-corrected chi connectivity index (χ0v) is 14.8. The van der Waals surface area contributed by atoms with Gasteiger partial charge in [0.1, 0.15) is 5.75 Å². The van der Waals surface area contributed by atoms with Crippen molar-refractivity contribution in [1.29, 1.82) is 0 Å². The Morgan fingerprint density at radius 2 is 1.60 bits per heavy atom. The van der Waals surface area contributed by atoms with E-state index < -0.39 is 0 Å². The fourth-order valence-corrected chi connectivity index (χ4v) is 2.67. The molecule has 7 heteroatoms. The molecule has 1 saturated heterocycles. The standard InChI is InChI=1S/C18H25N3O4/c1-3-25-16-6-4-15(5-7-16)19-17(23)8-9-18(24)21-12-10-20(11-13-21)14(2)22/h4-7H,3,8-13H2,1-2H3,(H,19,23). The second-order valence-corrected chi connectivity index (χ2v) is 5.89. The number of anilines is 1. The normalized spacial score (nSPS) is 14.2. The quantitative estimate of drug-likeness (QED) is 0.846. The molecule has 1 aromatic carbocycles. The van der Waals surface area contributed by atoms with Gasteiger partial charge in [-0.05, 0) is 31.2 Å². The average molecular weight is 347 g/mol. The number of piperazine rings is 1. The van der Waals surface area contributed by atoms with Crippen LogP contribution < -0.4 is 10.1 Å². The van der Waals surface area contributed by atoms with E-state index >= 15 is 0 Å². The Morgan fingerprint density at radius 3 is 2.16 bits per heavy atom. The highest BCUT2D eigenvalue weighted by Gasteiger charge is 2.22. The summed E-state index contributed by atoms with van der Waals surface area (Å²) in [7, 11) is 0. The minimum absolute atomic E-state index is 0.0295. The largest absolute Gasteiger partial charge is 0.494 e. The summed E-state index contributed by atoms with van der Waals surface area (Å²) in [6, 6.07) is 7.12. The van der Waals surface area contributed by atoms with Crippen molar-refractivity contribution in [3.8, 4) is 5.75 Å². The molecule has 1 aliphatic rings.